The molecule has 1 aliphatic heterocycles. The molecule has 1 fully saturated rings. The molecule has 0 radical (unpaired) electrons. The van der Waals surface area contributed by atoms with Crippen LogP contribution in [0.3, 0.4) is 0 Å². The third-order valence-corrected chi connectivity index (χ3v) is 5.31. The highest BCUT2D eigenvalue weighted by molar-refractivity contribution is 7.09. The van der Waals surface area contributed by atoms with Gasteiger partial charge in [-0.15, -0.1) is 11.3 Å². The van der Waals surface area contributed by atoms with Crippen molar-refractivity contribution in [2.24, 2.45) is 0 Å². The lowest BCUT2D eigenvalue weighted by molar-refractivity contribution is -0.132. The smallest absolute Gasteiger partial charge is 0.222 e. The van der Waals surface area contributed by atoms with Crippen molar-refractivity contribution in [2.45, 2.75) is 31.6 Å². The molecule has 0 unspecified atom stereocenters. The second-order valence-corrected chi connectivity index (χ2v) is 6.86. The van der Waals surface area contributed by atoms with Gasteiger partial charge in [0.2, 0.25) is 5.91 Å². The largest absolute Gasteiger partial charge is 0.508 e. The van der Waals surface area contributed by atoms with Gasteiger partial charge >= 0.3 is 0 Å². The molecule has 2 aromatic rings. The number of thiophene rings is 1. The molecule has 0 spiro atoms. The predicted octanol–water partition coefficient (Wildman–Crippen LogP) is 3.79. The van der Waals surface area contributed by atoms with Crippen LogP contribution in [-0.4, -0.2) is 29.0 Å². The van der Waals surface area contributed by atoms with Crippen LogP contribution < -0.4 is 0 Å². The first-order valence-electron chi connectivity index (χ1n) is 7.81. The standard InChI is InChI=1S/C18H21NO2S/c20-16-5-3-14(4-6-16)15-9-11-19(12-10-15)18(21)8-7-17-2-1-13-22-17/h1-6,13,15,20H,7-12H2. The van der Waals surface area contributed by atoms with Gasteiger partial charge in [-0.25, -0.2) is 0 Å². The molecule has 2 heterocycles. The lowest BCUT2D eigenvalue weighted by atomic mass is 9.89. The van der Waals surface area contributed by atoms with E-state index < -0.39 is 0 Å². The van der Waals surface area contributed by atoms with Crippen LogP contribution >= 0.6 is 11.3 Å². The number of aryl methyl sites for hydroxylation is 1. The first kappa shape index (κ1) is 15.1. The number of carbonyl (C=O) groups is 1. The Morgan fingerprint density at radius 3 is 2.55 bits per heavy atom. The molecule has 0 bridgehead atoms. The fourth-order valence-corrected chi connectivity index (χ4v) is 3.76. The monoisotopic (exact) mass is 315 g/mol. The number of nitrogens with zero attached hydrogens (tertiary/aromatic N) is 1. The number of hydrogen-bond acceptors (Lipinski definition) is 3. The molecule has 0 aliphatic carbocycles. The number of likely N-dealkylation sites (tertiary alicyclic amines) is 1. The Bertz CT molecular complexity index is 599. The Labute approximate surface area is 135 Å². The van der Waals surface area contributed by atoms with Gasteiger partial charge in [0.15, 0.2) is 0 Å². The number of phenolic OH excluding ortho intramolecular Hbond substituents is 1. The molecule has 1 aromatic carbocycles. The summed E-state index contributed by atoms with van der Waals surface area (Å²) in [6.45, 7) is 1.68. The van der Waals surface area contributed by atoms with Gasteiger partial charge in [0.05, 0.1) is 0 Å². The van der Waals surface area contributed by atoms with Gasteiger partial charge in [-0.3, -0.25) is 4.79 Å². The molecule has 4 heteroatoms. The number of phenols is 1. The average molecular weight is 315 g/mol. The first-order valence-corrected chi connectivity index (χ1v) is 8.69. The molecule has 1 saturated heterocycles. The van der Waals surface area contributed by atoms with Crippen molar-refractivity contribution >= 4 is 17.2 Å². The lowest BCUT2D eigenvalue weighted by Crippen LogP contribution is -2.38. The second kappa shape index (κ2) is 6.97. The number of piperidine rings is 1. The van der Waals surface area contributed by atoms with Crippen molar-refractivity contribution in [1.29, 1.82) is 0 Å². The molecular weight excluding hydrogens is 294 g/mol. The van der Waals surface area contributed by atoms with Crippen molar-refractivity contribution in [3.8, 4) is 5.75 Å². The summed E-state index contributed by atoms with van der Waals surface area (Å²) in [5, 5.41) is 11.4. The van der Waals surface area contributed by atoms with Crippen LogP contribution in [0.4, 0.5) is 0 Å². The summed E-state index contributed by atoms with van der Waals surface area (Å²) in [5.41, 5.74) is 1.27. The summed E-state index contributed by atoms with van der Waals surface area (Å²) in [5.74, 6) is 1.09. The topological polar surface area (TPSA) is 40.5 Å². The van der Waals surface area contributed by atoms with Crippen molar-refractivity contribution < 1.29 is 9.90 Å². The molecule has 22 heavy (non-hydrogen) atoms. The van der Waals surface area contributed by atoms with Gasteiger partial charge in [0.25, 0.3) is 0 Å². The third kappa shape index (κ3) is 3.69. The zero-order valence-electron chi connectivity index (χ0n) is 12.6. The maximum absolute atomic E-state index is 12.3. The number of rotatable bonds is 4. The summed E-state index contributed by atoms with van der Waals surface area (Å²) >= 11 is 1.72. The van der Waals surface area contributed by atoms with Crippen LogP contribution in [0.25, 0.3) is 0 Å². The number of benzene rings is 1. The van der Waals surface area contributed by atoms with E-state index in [9.17, 15) is 9.90 Å². The minimum Gasteiger partial charge on any atom is -0.508 e. The van der Waals surface area contributed by atoms with E-state index in [-0.39, 0.29) is 5.91 Å². The molecule has 1 aromatic heterocycles. The molecule has 0 saturated carbocycles. The molecular formula is C18H21NO2S. The van der Waals surface area contributed by atoms with E-state index in [1.807, 2.05) is 23.1 Å². The average Bonchev–Trinajstić information content (AvgIpc) is 3.07. The van der Waals surface area contributed by atoms with E-state index in [0.29, 0.717) is 18.1 Å². The second-order valence-electron chi connectivity index (χ2n) is 5.83. The van der Waals surface area contributed by atoms with Crippen molar-refractivity contribution in [2.75, 3.05) is 13.1 Å². The number of hydrogen-bond donors (Lipinski definition) is 1. The van der Waals surface area contributed by atoms with Crippen LogP contribution in [0.1, 0.15) is 35.6 Å². The predicted molar refractivity (Wildman–Crippen MR) is 89.3 cm³/mol. The maximum Gasteiger partial charge on any atom is 0.222 e. The van der Waals surface area contributed by atoms with Crippen LogP contribution in [0, 0.1) is 0 Å². The highest BCUT2D eigenvalue weighted by atomic mass is 32.1. The minimum atomic E-state index is 0.276. The molecule has 1 aliphatic rings. The summed E-state index contributed by atoms with van der Waals surface area (Å²) in [6, 6.07) is 11.6. The van der Waals surface area contributed by atoms with E-state index in [0.717, 1.165) is 32.4 Å². The van der Waals surface area contributed by atoms with Crippen molar-refractivity contribution in [3.63, 3.8) is 0 Å². The van der Waals surface area contributed by atoms with E-state index >= 15 is 0 Å². The molecule has 3 rings (SSSR count). The Morgan fingerprint density at radius 2 is 1.91 bits per heavy atom. The van der Waals surface area contributed by atoms with E-state index in [2.05, 4.69) is 11.4 Å². The van der Waals surface area contributed by atoms with Crippen LogP contribution in [-0.2, 0) is 11.2 Å². The highest BCUT2D eigenvalue weighted by Gasteiger charge is 2.23. The zero-order valence-corrected chi connectivity index (χ0v) is 13.4. The minimum absolute atomic E-state index is 0.276. The Balaban J connectivity index is 1.48. The van der Waals surface area contributed by atoms with Gasteiger partial charge in [-0.2, -0.15) is 0 Å². The molecule has 3 nitrogen and oxygen atoms in total. The van der Waals surface area contributed by atoms with E-state index in [4.69, 9.17) is 0 Å². The van der Waals surface area contributed by atoms with Crippen LogP contribution in [0.5, 0.6) is 5.75 Å². The normalized spacial score (nSPS) is 15.9. The fraction of sp³-hybridized carbons (Fsp3) is 0.389. The fourth-order valence-electron chi connectivity index (χ4n) is 3.05. The molecule has 116 valence electrons. The number of carbonyl (C=O) groups excluding carboxylic acids is 1. The van der Waals surface area contributed by atoms with Crippen molar-refractivity contribution in [3.05, 3.63) is 52.2 Å². The zero-order chi connectivity index (χ0) is 15.4. The molecule has 1 N–H and O–H groups in total. The number of aromatic hydroxyl groups is 1. The van der Waals surface area contributed by atoms with Crippen LogP contribution in [0.2, 0.25) is 0 Å². The Hall–Kier alpha value is -1.81. The molecule has 0 atom stereocenters. The molecule has 1 amide bonds. The Morgan fingerprint density at radius 1 is 1.18 bits per heavy atom. The quantitative estimate of drug-likeness (QED) is 0.932. The van der Waals surface area contributed by atoms with Gasteiger partial charge < -0.3 is 10.0 Å². The summed E-state index contributed by atoms with van der Waals surface area (Å²) in [7, 11) is 0. The first-order chi connectivity index (χ1) is 10.7. The maximum atomic E-state index is 12.3. The highest BCUT2D eigenvalue weighted by Crippen LogP contribution is 2.29. The number of amides is 1. The Kier molecular flexibility index (Phi) is 4.78. The SMILES string of the molecule is O=C(CCc1cccs1)N1CCC(c2ccc(O)cc2)CC1. The van der Waals surface area contributed by atoms with Gasteiger partial charge in [0, 0.05) is 24.4 Å². The van der Waals surface area contributed by atoms with Gasteiger partial charge in [-0.1, -0.05) is 18.2 Å². The third-order valence-electron chi connectivity index (χ3n) is 4.38. The summed E-state index contributed by atoms with van der Waals surface area (Å²) in [4.78, 5) is 15.6. The van der Waals surface area contributed by atoms with Gasteiger partial charge in [-0.05, 0) is 54.3 Å². The summed E-state index contributed by atoms with van der Waals surface area (Å²) in [6.07, 6.45) is 3.49. The summed E-state index contributed by atoms with van der Waals surface area (Å²) < 4.78 is 0. The van der Waals surface area contributed by atoms with E-state index in [1.54, 1.807) is 23.5 Å². The van der Waals surface area contributed by atoms with Gasteiger partial charge in [0.1, 0.15) is 5.75 Å². The van der Waals surface area contributed by atoms with Crippen molar-refractivity contribution in [1.82, 2.24) is 4.90 Å². The lowest BCUT2D eigenvalue weighted by Gasteiger charge is -2.32. The van der Waals surface area contributed by atoms with Crippen LogP contribution in [0.15, 0.2) is 41.8 Å². The van der Waals surface area contributed by atoms with E-state index in [1.165, 1.54) is 10.4 Å².